The highest BCUT2D eigenvalue weighted by molar-refractivity contribution is 9.10. The maximum atomic E-state index is 11.9. The van der Waals surface area contributed by atoms with Crippen molar-refractivity contribution in [3.8, 4) is 5.75 Å². The lowest BCUT2D eigenvalue weighted by atomic mass is 10.0. The van der Waals surface area contributed by atoms with Crippen molar-refractivity contribution < 1.29 is 19.4 Å². The van der Waals surface area contributed by atoms with Gasteiger partial charge in [-0.25, -0.2) is 0 Å². The fraction of sp³-hybridized carbons (Fsp3) is 0.467. The number of halogens is 1. The van der Waals surface area contributed by atoms with E-state index in [1.165, 1.54) is 0 Å². The summed E-state index contributed by atoms with van der Waals surface area (Å²) in [4.78, 5) is 22.9. The second-order valence-corrected chi connectivity index (χ2v) is 5.70. The van der Waals surface area contributed by atoms with E-state index < -0.39 is 18.0 Å². The first-order valence-electron chi connectivity index (χ1n) is 6.86. The first-order valence-corrected chi connectivity index (χ1v) is 7.66. The summed E-state index contributed by atoms with van der Waals surface area (Å²) in [6.07, 6.45) is 0.622. The molecule has 0 saturated carbocycles. The number of carboxylic acids is 1. The summed E-state index contributed by atoms with van der Waals surface area (Å²) in [5, 5.41) is 11.7. The molecule has 0 aliphatic heterocycles. The number of carboxylic acid groups (broad SMARTS) is 1. The van der Waals surface area contributed by atoms with E-state index in [2.05, 4.69) is 21.2 Å². The van der Waals surface area contributed by atoms with Crippen molar-refractivity contribution >= 4 is 27.8 Å². The zero-order valence-electron chi connectivity index (χ0n) is 12.1. The van der Waals surface area contributed by atoms with E-state index in [-0.39, 0.29) is 12.5 Å². The van der Waals surface area contributed by atoms with E-state index in [9.17, 15) is 9.59 Å². The minimum Gasteiger partial charge on any atom is -0.481 e. The number of carbonyl (C=O) groups is 2. The molecule has 1 aromatic carbocycles. The summed E-state index contributed by atoms with van der Waals surface area (Å²) in [6, 6.07) is 7.15. The van der Waals surface area contributed by atoms with Crippen LogP contribution >= 0.6 is 15.9 Å². The summed E-state index contributed by atoms with van der Waals surface area (Å²) in [5.74, 6) is -1.18. The molecule has 0 fully saturated rings. The van der Waals surface area contributed by atoms with Crippen LogP contribution in [0.3, 0.4) is 0 Å². The molecule has 2 atom stereocenters. The number of rotatable bonds is 8. The fourth-order valence-electron chi connectivity index (χ4n) is 1.80. The number of nitrogens with one attached hydrogen (secondary N) is 1. The van der Waals surface area contributed by atoms with Crippen LogP contribution in [0.15, 0.2) is 28.7 Å². The molecule has 0 saturated heterocycles. The van der Waals surface area contributed by atoms with Crippen molar-refractivity contribution in [3.05, 3.63) is 28.7 Å². The molecule has 1 amide bonds. The van der Waals surface area contributed by atoms with Crippen LogP contribution in [0, 0.1) is 5.92 Å². The van der Waals surface area contributed by atoms with Gasteiger partial charge in [-0.05, 0) is 37.6 Å². The Balaban J connectivity index is 2.47. The maximum Gasteiger partial charge on any atom is 0.308 e. The van der Waals surface area contributed by atoms with Gasteiger partial charge in [0.1, 0.15) is 5.75 Å². The fourth-order valence-corrected chi connectivity index (χ4v) is 2.06. The largest absolute Gasteiger partial charge is 0.481 e. The Kier molecular flexibility index (Phi) is 7.22. The van der Waals surface area contributed by atoms with Crippen molar-refractivity contribution in [3.63, 3.8) is 0 Å². The van der Waals surface area contributed by atoms with Gasteiger partial charge in [-0.1, -0.05) is 29.3 Å². The highest BCUT2D eigenvalue weighted by atomic mass is 79.9. The Morgan fingerprint density at radius 3 is 2.48 bits per heavy atom. The number of ether oxygens (including phenoxy) is 1. The smallest absolute Gasteiger partial charge is 0.308 e. The molecule has 1 rings (SSSR count). The van der Waals surface area contributed by atoms with Gasteiger partial charge in [0.15, 0.2) is 6.10 Å². The van der Waals surface area contributed by atoms with Crippen LogP contribution in [0.4, 0.5) is 0 Å². The number of aliphatic carboxylic acids is 1. The molecule has 0 bridgehead atoms. The second kappa shape index (κ2) is 8.67. The first kappa shape index (κ1) is 17.5. The minimum atomic E-state index is -0.890. The van der Waals surface area contributed by atoms with E-state index in [4.69, 9.17) is 9.84 Å². The predicted molar refractivity (Wildman–Crippen MR) is 83.3 cm³/mol. The summed E-state index contributed by atoms with van der Waals surface area (Å²) in [7, 11) is 0. The Morgan fingerprint density at radius 1 is 1.33 bits per heavy atom. The Bertz CT molecular complexity index is 475. The minimum absolute atomic E-state index is 0.121. The molecule has 0 radical (unpaired) electrons. The average Bonchev–Trinajstić information content (AvgIpc) is 2.45. The highest BCUT2D eigenvalue weighted by Crippen LogP contribution is 2.17. The molecule has 0 heterocycles. The van der Waals surface area contributed by atoms with E-state index in [0.29, 0.717) is 12.2 Å². The molecule has 0 aromatic heterocycles. The maximum absolute atomic E-state index is 11.9. The Morgan fingerprint density at radius 2 is 1.95 bits per heavy atom. The lowest BCUT2D eigenvalue weighted by Gasteiger charge is -2.17. The molecule has 21 heavy (non-hydrogen) atoms. The van der Waals surface area contributed by atoms with Crippen molar-refractivity contribution in [2.75, 3.05) is 6.54 Å². The van der Waals surface area contributed by atoms with Gasteiger partial charge in [0.05, 0.1) is 5.92 Å². The number of hydrogen-bond acceptors (Lipinski definition) is 3. The molecule has 5 nitrogen and oxygen atoms in total. The van der Waals surface area contributed by atoms with E-state index in [1.807, 2.05) is 19.1 Å². The average molecular weight is 358 g/mol. The van der Waals surface area contributed by atoms with Gasteiger partial charge in [0, 0.05) is 11.0 Å². The number of carbonyl (C=O) groups excluding carboxylic acids is 1. The lowest BCUT2D eigenvalue weighted by Crippen LogP contribution is -2.40. The van der Waals surface area contributed by atoms with Crippen LogP contribution in [0.2, 0.25) is 0 Å². The number of benzene rings is 1. The van der Waals surface area contributed by atoms with Crippen LogP contribution < -0.4 is 10.1 Å². The Labute approximate surface area is 132 Å². The van der Waals surface area contributed by atoms with Crippen LogP contribution in [-0.4, -0.2) is 29.6 Å². The second-order valence-electron chi connectivity index (χ2n) is 4.78. The summed E-state index contributed by atoms with van der Waals surface area (Å²) in [6.45, 7) is 3.67. The third kappa shape index (κ3) is 6.16. The molecule has 0 aliphatic rings. The van der Waals surface area contributed by atoms with Crippen LogP contribution in [0.1, 0.15) is 26.7 Å². The third-order valence-corrected chi connectivity index (χ3v) is 3.53. The van der Waals surface area contributed by atoms with E-state index in [1.54, 1.807) is 19.1 Å². The van der Waals surface area contributed by atoms with Crippen molar-refractivity contribution in [1.29, 1.82) is 0 Å². The number of amides is 1. The molecule has 0 aliphatic carbocycles. The molecule has 2 N–H and O–H groups in total. The number of hydrogen-bond donors (Lipinski definition) is 2. The highest BCUT2D eigenvalue weighted by Gasteiger charge is 2.20. The normalized spacial score (nSPS) is 13.3. The Hall–Kier alpha value is -1.56. The van der Waals surface area contributed by atoms with E-state index in [0.717, 1.165) is 10.9 Å². The van der Waals surface area contributed by atoms with Crippen molar-refractivity contribution in [1.82, 2.24) is 5.32 Å². The monoisotopic (exact) mass is 357 g/mol. The van der Waals surface area contributed by atoms with Gasteiger partial charge in [-0.2, -0.15) is 0 Å². The van der Waals surface area contributed by atoms with Crippen molar-refractivity contribution in [2.45, 2.75) is 32.8 Å². The predicted octanol–water partition coefficient (Wildman–Crippen LogP) is 2.83. The lowest BCUT2D eigenvalue weighted by molar-refractivity contribution is -0.142. The van der Waals surface area contributed by atoms with E-state index >= 15 is 0 Å². The third-order valence-electron chi connectivity index (χ3n) is 3.00. The zero-order chi connectivity index (χ0) is 15.8. The van der Waals surface area contributed by atoms with Gasteiger partial charge >= 0.3 is 5.97 Å². The molecule has 6 heteroatoms. The van der Waals surface area contributed by atoms with Gasteiger partial charge in [0.25, 0.3) is 5.91 Å². The molecule has 2 unspecified atom stereocenters. The topological polar surface area (TPSA) is 75.6 Å². The molecular weight excluding hydrogens is 338 g/mol. The standard InChI is InChI=1S/C15H20BrNO4/c1-3-4-11(15(19)20)9-17-14(18)10(2)21-13-7-5-12(16)6-8-13/h5-8,10-11H,3-4,9H2,1-2H3,(H,17,18)(H,19,20). The van der Waals surface area contributed by atoms with Gasteiger partial charge in [0.2, 0.25) is 0 Å². The van der Waals surface area contributed by atoms with Gasteiger partial charge in [-0.15, -0.1) is 0 Å². The van der Waals surface area contributed by atoms with Gasteiger partial charge < -0.3 is 15.2 Å². The first-order chi connectivity index (χ1) is 9.93. The zero-order valence-corrected chi connectivity index (χ0v) is 13.7. The molecule has 1 aromatic rings. The summed E-state index contributed by atoms with van der Waals surface area (Å²) < 4.78 is 6.43. The SMILES string of the molecule is CCCC(CNC(=O)C(C)Oc1ccc(Br)cc1)C(=O)O. The van der Waals surface area contributed by atoms with Crippen LogP contribution in [0.25, 0.3) is 0 Å². The summed E-state index contributed by atoms with van der Waals surface area (Å²) >= 11 is 3.32. The quantitative estimate of drug-likeness (QED) is 0.749. The van der Waals surface area contributed by atoms with Crippen molar-refractivity contribution in [2.24, 2.45) is 5.92 Å². The molecule has 116 valence electrons. The molecular formula is C15H20BrNO4. The van der Waals surface area contributed by atoms with Gasteiger partial charge in [-0.3, -0.25) is 9.59 Å². The van der Waals surface area contributed by atoms with Crippen LogP contribution in [-0.2, 0) is 9.59 Å². The molecule has 0 spiro atoms. The van der Waals surface area contributed by atoms with Crippen LogP contribution in [0.5, 0.6) is 5.75 Å². The summed E-state index contributed by atoms with van der Waals surface area (Å²) in [5.41, 5.74) is 0.